The molecule has 0 rings (SSSR count). The zero-order valence-electron chi connectivity index (χ0n) is 6.25. The summed E-state index contributed by atoms with van der Waals surface area (Å²) in [6, 6.07) is 0. The minimum absolute atomic E-state index is 0.352. The summed E-state index contributed by atoms with van der Waals surface area (Å²) in [5.74, 6) is 0. The first-order chi connectivity index (χ1) is 4.68. The number of nitrogens with two attached hydrogens (primary N) is 2. The van der Waals surface area contributed by atoms with E-state index in [-0.39, 0.29) is 6.17 Å². The van der Waals surface area contributed by atoms with Gasteiger partial charge in [-0.25, -0.2) is 0 Å². The van der Waals surface area contributed by atoms with E-state index in [1.807, 2.05) is 25.2 Å². The summed E-state index contributed by atoms with van der Waals surface area (Å²) in [4.78, 5) is 0. The molecule has 0 bridgehead atoms. The first kappa shape index (κ1) is 9.14. The second-order valence-electron chi connectivity index (χ2n) is 2.06. The van der Waals surface area contributed by atoms with Gasteiger partial charge in [0, 0.05) is 0 Å². The highest BCUT2D eigenvalue weighted by Gasteiger charge is 1.91. The van der Waals surface area contributed by atoms with Gasteiger partial charge in [0.05, 0.1) is 6.17 Å². The van der Waals surface area contributed by atoms with Crippen molar-refractivity contribution < 1.29 is 0 Å². The molecular weight excluding hydrogens is 124 g/mol. The lowest BCUT2D eigenvalue weighted by Crippen LogP contribution is -2.31. The molecule has 0 atom stereocenters. The van der Waals surface area contributed by atoms with Crippen molar-refractivity contribution >= 4 is 0 Å². The van der Waals surface area contributed by atoms with Gasteiger partial charge in [-0.1, -0.05) is 30.9 Å². The highest BCUT2D eigenvalue weighted by Crippen LogP contribution is 1.92. The lowest BCUT2D eigenvalue weighted by molar-refractivity contribution is 0.818. The third-order valence-corrected chi connectivity index (χ3v) is 1.13. The van der Waals surface area contributed by atoms with Crippen LogP contribution in [0.15, 0.2) is 36.5 Å². The van der Waals surface area contributed by atoms with Crippen LogP contribution in [-0.4, -0.2) is 6.17 Å². The Morgan fingerprint density at radius 1 is 1.40 bits per heavy atom. The summed E-state index contributed by atoms with van der Waals surface area (Å²) in [5.41, 5.74) is 11.7. The quantitative estimate of drug-likeness (QED) is 0.450. The van der Waals surface area contributed by atoms with Crippen LogP contribution < -0.4 is 11.5 Å². The molecule has 10 heavy (non-hydrogen) atoms. The normalized spacial score (nSPS) is 13.0. The van der Waals surface area contributed by atoms with Crippen molar-refractivity contribution in [3.8, 4) is 0 Å². The molecule has 0 aliphatic rings. The van der Waals surface area contributed by atoms with E-state index in [0.29, 0.717) is 0 Å². The van der Waals surface area contributed by atoms with Crippen molar-refractivity contribution in [2.24, 2.45) is 11.5 Å². The molecule has 2 nitrogen and oxygen atoms in total. The van der Waals surface area contributed by atoms with E-state index >= 15 is 0 Å². The van der Waals surface area contributed by atoms with Crippen molar-refractivity contribution in [3.05, 3.63) is 36.5 Å². The molecule has 0 aromatic carbocycles. The van der Waals surface area contributed by atoms with Crippen molar-refractivity contribution in [3.63, 3.8) is 0 Å². The average Bonchev–Trinajstić information content (AvgIpc) is 1.88. The standard InChI is InChI=1S/C8H14N2/c1-3-4-5-6-7(2)8(9)10/h3-6,8H,1,9-10H2,2H3/b5-4-,7-6+. The summed E-state index contributed by atoms with van der Waals surface area (Å²) >= 11 is 0. The average molecular weight is 138 g/mol. The maximum absolute atomic E-state index is 5.37. The van der Waals surface area contributed by atoms with Crippen molar-refractivity contribution in [1.29, 1.82) is 0 Å². The number of hydrogen-bond donors (Lipinski definition) is 2. The molecule has 0 amide bonds. The van der Waals surface area contributed by atoms with Gasteiger partial charge in [-0.15, -0.1) is 0 Å². The summed E-state index contributed by atoms with van der Waals surface area (Å²) in [6.45, 7) is 5.41. The zero-order valence-corrected chi connectivity index (χ0v) is 6.25. The Labute approximate surface area is 61.9 Å². The summed E-state index contributed by atoms with van der Waals surface area (Å²) < 4.78 is 0. The van der Waals surface area contributed by atoms with E-state index in [0.717, 1.165) is 5.57 Å². The van der Waals surface area contributed by atoms with Crippen LogP contribution in [0.1, 0.15) is 6.92 Å². The van der Waals surface area contributed by atoms with Gasteiger partial charge >= 0.3 is 0 Å². The zero-order chi connectivity index (χ0) is 7.98. The molecular formula is C8H14N2. The van der Waals surface area contributed by atoms with E-state index in [1.165, 1.54) is 0 Å². The van der Waals surface area contributed by atoms with Crippen molar-refractivity contribution in [1.82, 2.24) is 0 Å². The van der Waals surface area contributed by atoms with E-state index in [1.54, 1.807) is 6.08 Å². The van der Waals surface area contributed by atoms with Gasteiger partial charge in [0.25, 0.3) is 0 Å². The van der Waals surface area contributed by atoms with Crippen LogP contribution in [0.2, 0.25) is 0 Å². The molecule has 0 saturated heterocycles. The predicted octanol–water partition coefficient (Wildman–Crippen LogP) is 0.918. The van der Waals surface area contributed by atoms with Crippen LogP contribution in [-0.2, 0) is 0 Å². The van der Waals surface area contributed by atoms with Gasteiger partial charge in [0.15, 0.2) is 0 Å². The van der Waals surface area contributed by atoms with E-state index in [9.17, 15) is 0 Å². The summed E-state index contributed by atoms with van der Waals surface area (Å²) in [5, 5.41) is 0. The molecule has 0 fully saturated rings. The lowest BCUT2D eigenvalue weighted by atomic mass is 10.2. The molecule has 0 saturated carbocycles. The number of allylic oxidation sites excluding steroid dienone is 4. The lowest BCUT2D eigenvalue weighted by Gasteiger charge is -2.02. The molecule has 0 radical (unpaired) electrons. The van der Waals surface area contributed by atoms with Crippen LogP contribution in [0, 0.1) is 0 Å². The third-order valence-electron chi connectivity index (χ3n) is 1.13. The smallest absolute Gasteiger partial charge is 0.0743 e. The molecule has 0 heterocycles. The Balaban J connectivity index is 3.91. The molecule has 0 aromatic heterocycles. The number of rotatable bonds is 3. The SMILES string of the molecule is C=C/C=C\C=C(/C)C(N)N. The maximum atomic E-state index is 5.37. The van der Waals surface area contributed by atoms with E-state index < -0.39 is 0 Å². The molecule has 56 valence electrons. The largest absolute Gasteiger partial charge is 0.313 e. The highest BCUT2D eigenvalue weighted by molar-refractivity contribution is 5.16. The van der Waals surface area contributed by atoms with Crippen LogP contribution in [0.4, 0.5) is 0 Å². The molecule has 2 heteroatoms. The maximum Gasteiger partial charge on any atom is 0.0743 e. The second-order valence-corrected chi connectivity index (χ2v) is 2.06. The molecule has 0 aliphatic carbocycles. The van der Waals surface area contributed by atoms with E-state index in [2.05, 4.69) is 6.58 Å². The van der Waals surface area contributed by atoms with Gasteiger partial charge in [-0.2, -0.15) is 0 Å². The Morgan fingerprint density at radius 2 is 2.00 bits per heavy atom. The van der Waals surface area contributed by atoms with Gasteiger partial charge in [0.1, 0.15) is 0 Å². The van der Waals surface area contributed by atoms with Gasteiger partial charge in [0.2, 0.25) is 0 Å². The van der Waals surface area contributed by atoms with Crippen molar-refractivity contribution in [2.45, 2.75) is 13.1 Å². The Hall–Kier alpha value is -0.860. The fraction of sp³-hybridized carbons (Fsp3) is 0.250. The molecule has 0 unspecified atom stereocenters. The Kier molecular flexibility index (Phi) is 4.54. The highest BCUT2D eigenvalue weighted by atomic mass is 14.8. The fourth-order valence-corrected chi connectivity index (χ4v) is 0.397. The summed E-state index contributed by atoms with van der Waals surface area (Å²) in [6.07, 6.45) is 6.90. The molecule has 0 aromatic rings. The van der Waals surface area contributed by atoms with Crippen LogP contribution in [0.25, 0.3) is 0 Å². The molecule has 0 aliphatic heterocycles. The van der Waals surface area contributed by atoms with Crippen LogP contribution in [0.5, 0.6) is 0 Å². The molecule has 4 N–H and O–H groups in total. The van der Waals surface area contributed by atoms with Gasteiger partial charge in [-0.05, 0) is 12.5 Å². The third kappa shape index (κ3) is 4.06. The topological polar surface area (TPSA) is 52.0 Å². The van der Waals surface area contributed by atoms with Crippen LogP contribution in [0.3, 0.4) is 0 Å². The fourth-order valence-electron chi connectivity index (χ4n) is 0.397. The minimum Gasteiger partial charge on any atom is -0.313 e. The van der Waals surface area contributed by atoms with Crippen molar-refractivity contribution in [2.75, 3.05) is 0 Å². The first-order valence-corrected chi connectivity index (χ1v) is 3.15. The monoisotopic (exact) mass is 138 g/mol. The van der Waals surface area contributed by atoms with E-state index in [4.69, 9.17) is 11.5 Å². The van der Waals surface area contributed by atoms with Crippen LogP contribution >= 0.6 is 0 Å². The molecule has 0 spiro atoms. The van der Waals surface area contributed by atoms with Gasteiger partial charge < -0.3 is 11.5 Å². The van der Waals surface area contributed by atoms with Gasteiger partial charge in [-0.3, -0.25) is 0 Å². The second kappa shape index (κ2) is 4.97. The predicted molar refractivity (Wildman–Crippen MR) is 45.3 cm³/mol. The first-order valence-electron chi connectivity index (χ1n) is 3.15. The minimum atomic E-state index is -0.352. The summed E-state index contributed by atoms with van der Waals surface area (Å²) in [7, 11) is 0. The Morgan fingerprint density at radius 3 is 2.40 bits per heavy atom. The Bertz CT molecular complexity index is 155. The number of hydrogen-bond acceptors (Lipinski definition) is 2.